The summed E-state index contributed by atoms with van der Waals surface area (Å²) in [5, 5.41) is 14.0. The predicted octanol–water partition coefficient (Wildman–Crippen LogP) is 0.631. The summed E-state index contributed by atoms with van der Waals surface area (Å²) in [6, 6.07) is 1.57. The van der Waals surface area contributed by atoms with Gasteiger partial charge in [-0.2, -0.15) is 11.8 Å². The van der Waals surface area contributed by atoms with Crippen molar-refractivity contribution in [1.29, 1.82) is 0 Å². The van der Waals surface area contributed by atoms with Crippen LogP contribution in [0.4, 0.5) is 0 Å². The Bertz CT molecular complexity index is 395. The van der Waals surface area contributed by atoms with Gasteiger partial charge >= 0.3 is 0 Å². The van der Waals surface area contributed by atoms with E-state index in [1.807, 2.05) is 0 Å². The minimum Gasteiger partial charge on any atom is -0.472 e. The highest BCUT2D eigenvalue weighted by atomic mass is 32.2. The smallest absolute Gasteiger partial charge is 0.254 e. The van der Waals surface area contributed by atoms with Crippen molar-refractivity contribution in [3.05, 3.63) is 24.2 Å². The molecule has 6 nitrogen and oxygen atoms in total. The Kier molecular flexibility index (Phi) is 8.57. The molecule has 1 rings (SSSR count). The van der Waals surface area contributed by atoms with Gasteiger partial charge in [-0.05, 0) is 18.2 Å². The van der Waals surface area contributed by atoms with Crippen LogP contribution in [0.1, 0.15) is 23.2 Å². The zero-order valence-corrected chi connectivity index (χ0v) is 12.1. The Balaban J connectivity index is 1.99. The van der Waals surface area contributed by atoms with Gasteiger partial charge in [0.2, 0.25) is 5.91 Å². The van der Waals surface area contributed by atoms with E-state index in [1.54, 1.807) is 17.8 Å². The van der Waals surface area contributed by atoms with Crippen molar-refractivity contribution < 1.29 is 19.1 Å². The fourth-order valence-corrected chi connectivity index (χ4v) is 2.19. The maximum absolute atomic E-state index is 11.5. The Hall–Kier alpha value is -1.47. The van der Waals surface area contributed by atoms with E-state index in [1.165, 1.54) is 12.5 Å². The van der Waals surface area contributed by atoms with Crippen molar-refractivity contribution >= 4 is 23.6 Å². The van der Waals surface area contributed by atoms with Crippen LogP contribution >= 0.6 is 11.8 Å². The van der Waals surface area contributed by atoms with Crippen molar-refractivity contribution in [2.45, 2.75) is 12.8 Å². The summed E-state index contributed by atoms with van der Waals surface area (Å²) in [5.41, 5.74) is 0.450. The third-order valence-electron chi connectivity index (χ3n) is 2.44. The van der Waals surface area contributed by atoms with Gasteiger partial charge in [0.1, 0.15) is 6.26 Å². The van der Waals surface area contributed by atoms with Crippen molar-refractivity contribution in [1.82, 2.24) is 10.6 Å². The third kappa shape index (κ3) is 7.20. The first-order valence-corrected chi connectivity index (χ1v) is 7.65. The highest BCUT2D eigenvalue weighted by molar-refractivity contribution is 7.99. The van der Waals surface area contributed by atoms with E-state index in [2.05, 4.69) is 10.6 Å². The highest BCUT2D eigenvalue weighted by Crippen LogP contribution is 2.00. The lowest BCUT2D eigenvalue weighted by Crippen LogP contribution is -2.31. The molecule has 1 aromatic rings. The molecule has 0 aliphatic rings. The normalized spacial score (nSPS) is 10.2. The molecule has 0 aliphatic carbocycles. The van der Waals surface area contributed by atoms with Crippen LogP contribution in [0, 0.1) is 0 Å². The molecule has 0 fully saturated rings. The maximum atomic E-state index is 11.5. The van der Waals surface area contributed by atoms with Crippen molar-refractivity contribution in [3.8, 4) is 0 Å². The number of aliphatic hydroxyl groups excluding tert-OH is 1. The van der Waals surface area contributed by atoms with E-state index < -0.39 is 0 Å². The highest BCUT2D eigenvalue weighted by Gasteiger charge is 2.07. The third-order valence-corrected chi connectivity index (χ3v) is 3.51. The van der Waals surface area contributed by atoms with Gasteiger partial charge in [0.25, 0.3) is 5.91 Å². The van der Waals surface area contributed by atoms with Crippen molar-refractivity contribution in [2.24, 2.45) is 0 Å². The monoisotopic (exact) mass is 300 g/mol. The number of furan rings is 1. The summed E-state index contributed by atoms with van der Waals surface area (Å²) in [6.07, 6.45) is 3.82. The number of hydrogen-bond acceptors (Lipinski definition) is 5. The zero-order valence-electron chi connectivity index (χ0n) is 11.3. The van der Waals surface area contributed by atoms with Crippen molar-refractivity contribution in [3.63, 3.8) is 0 Å². The number of hydrogen-bond donors (Lipinski definition) is 3. The van der Waals surface area contributed by atoms with E-state index >= 15 is 0 Å². The first-order valence-electron chi connectivity index (χ1n) is 6.49. The molecule has 0 aromatic carbocycles. The molecule has 1 heterocycles. The van der Waals surface area contributed by atoms with Crippen molar-refractivity contribution in [2.75, 3.05) is 31.2 Å². The average molecular weight is 300 g/mol. The van der Waals surface area contributed by atoms with Gasteiger partial charge < -0.3 is 20.2 Å². The van der Waals surface area contributed by atoms with Crippen LogP contribution in [0.25, 0.3) is 0 Å². The van der Waals surface area contributed by atoms with Gasteiger partial charge in [-0.1, -0.05) is 0 Å². The van der Waals surface area contributed by atoms with Crippen LogP contribution in [-0.4, -0.2) is 48.1 Å². The fraction of sp³-hybridized carbons (Fsp3) is 0.538. The Morgan fingerprint density at radius 2 is 2.10 bits per heavy atom. The van der Waals surface area contributed by atoms with Gasteiger partial charge in [0.05, 0.1) is 11.8 Å². The molecule has 20 heavy (non-hydrogen) atoms. The van der Waals surface area contributed by atoms with E-state index in [4.69, 9.17) is 9.52 Å². The quantitative estimate of drug-likeness (QED) is 0.551. The van der Waals surface area contributed by atoms with Crippen LogP contribution in [0.2, 0.25) is 0 Å². The molecule has 0 atom stereocenters. The molecule has 2 amide bonds. The lowest BCUT2D eigenvalue weighted by Gasteiger charge is -2.06. The van der Waals surface area contributed by atoms with Gasteiger partial charge in [-0.3, -0.25) is 9.59 Å². The van der Waals surface area contributed by atoms with Crippen LogP contribution in [-0.2, 0) is 4.79 Å². The summed E-state index contributed by atoms with van der Waals surface area (Å²) in [5.74, 6) is 1.40. The lowest BCUT2D eigenvalue weighted by atomic mass is 10.3. The molecule has 3 N–H and O–H groups in total. The minimum atomic E-state index is -0.244. The average Bonchev–Trinajstić information content (AvgIpc) is 2.96. The summed E-state index contributed by atoms with van der Waals surface area (Å²) in [4.78, 5) is 23.0. The SMILES string of the molecule is O=C(CCNC(=O)c1ccoc1)NCCSCCCO. The summed E-state index contributed by atoms with van der Waals surface area (Å²) in [6.45, 7) is 1.10. The van der Waals surface area contributed by atoms with Crippen LogP contribution in [0.3, 0.4) is 0 Å². The van der Waals surface area contributed by atoms with Gasteiger partial charge in [0.15, 0.2) is 0 Å². The topological polar surface area (TPSA) is 91.6 Å². The van der Waals surface area contributed by atoms with Gasteiger partial charge in [-0.25, -0.2) is 0 Å². The number of rotatable bonds is 10. The number of aliphatic hydroxyl groups is 1. The minimum absolute atomic E-state index is 0.0831. The van der Waals surface area contributed by atoms with E-state index in [9.17, 15) is 9.59 Å². The molecule has 1 aromatic heterocycles. The number of carbonyl (C=O) groups is 2. The second-order valence-corrected chi connectivity index (χ2v) is 5.28. The Morgan fingerprint density at radius 1 is 1.25 bits per heavy atom. The number of thioether (sulfide) groups is 1. The Labute approximate surface area is 122 Å². The maximum Gasteiger partial charge on any atom is 0.254 e. The number of amides is 2. The van der Waals surface area contributed by atoms with Gasteiger partial charge in [-0.15, -0.1) is 0 Å². The van der Waals surface area contributed by atoms with Crippen LogP contribution < -0.4 is 10.6 Å². The first-order chi connectivity index (χ1) is 9.74. The predicted molar refractivity (Wildman–Crippen MR) is 77.7 cm³/mol. The Morgan fingerprint density at radius 3 is 2.80 bits per heavy atom. The molecule has 112 valence electrons. The molecule has 7 heteroatoms. The van der Waals surface area contributed by atoms with E-state index in [0.29, 0.717) is 18.7 Å². The second kappa shape index (κ2) is 10.3. The van der Waals surface area contributed by atoms with Crippen LogP contribution in [0.5, 0.6) is 0 Å². The molecule has 0 unspecified atom stereocenters. The summed E-state index contributed by atoms with van der Waals surface area (Å²) < 4.78 is 4.80. The summed E-state index contributed by atoms with van der Waals surface area (Å²) >= 11 is 1.69. The molecule has 0 radical (unpaired) electrons. The van der Waals surface area contributed by atoms with Crippen LogP contribution in [0.15, 0.2) is 23.0 Å². The molecule has 0 aliphatic heterocycles. The summed E-state index contributed by atoms with van der Waals surface area (Å²) in [7, 11) is 0. The first kappa shape index (κ1) is 16.6. The molecule has 0 spiro atoms. The zero-order chi connectivity index (χ0) is 14.6. The second-order valence-electron chi connectivity index (χ2n) is 4.06. The standard InChI is InChI=1S/C13H20N2O4S/c16-6-1-8-20-9-5-14-12(17)2-4-15-13(18)11-3-7-19-10-11/h3,7,10,16H,1-2,4-6,8-9H2,(H,14,17)(H,15,18). The molecular weight excluding hydrogens is 280 g/mol. The molecule has 0 saturated heterocycles. The molecular formula is C13H20N2O4S. The molecule has 0 bridgehead atoms. The largest absolute Gasteiger partial charge is 0.472 e. The van der Waals surface area contributed by atoms with E-state index in [0.717, 1.165) is 17.9 Å². The number of carbonyl (C=O) groups excluding carboxylic acids is 2. The molecule has 0 saturated carbocycles. The van der Waals surface area contributed by atoms with E-state index in [-0.39, 0.29) is 24.8 Å². The van der Waals surface area contributed by atoms with Gasteiger partial charge in [0, 0.05) is 31.9 Å². The lowest BCUT2D eigenvalue weighted by molar-refractivity contribution is -0.120. The number of nitrogens with one attached hydrogen (secondary N) is 2. The fourth-order valence-electron chi connectivity index (χ4n) is 1.40.